The summed E-state index contributed by atoms with van der Waals surface area (Å²) >= 11 is 1.53. The van der Waals surface area contributed by atoms with E-state index in [0.717, 1.165) is 4.88 Å². The number of carbonyl (C=O) groups is 1. The van der Waals surface area contributed by atoms with Gasteiger partial charge in [-0.1, -0.05) is 6.07 Å². The Labute approximate surface area is 125 Å². The fourth-order valence-corrected chi connectivity index (χ4v) is 3.17. The molecule has 0 aromatic carbocycles. The zero-order chi connectivity index (χ0) is 14.8. The van der Waals surface area contributed by atoms with Gasteiger partial charge >= 0.3 is 5.97 Å². The minimum Gasteiger partial charge on any atom is -0.481 e. The van der Waals surface area contributed by atoms with Crippen LogP contribution in [-0.4, -0.2) is 34.1 Å². The van der Waals surface area contributed by atoms with Crippen LogP contribution in [0.25, 0.3) is 10.6 Å². The standard InChI is InChI=1S/C14H15N3O3S/c18-12-8-10(11-2-1-7-21-11)15-14(16-12)17-5-3-9(4-6-17)13(19)20/h1-2,7-9H,3-6H2,(H,19,20)(H,15,16,18). The van der Waals surface area contributed by atoms with Crippen LogP contribution in [0.3, 0.4) is 0 Å². The second-order valence-electron chi connectivity index (χ2n) is 5.03. The average Bonchev–Trinajstić information content (AvgIpc) is 3.01. The molecule has 0 atom stereocenters. The summed E-state index contributed by atoms with van der Waals surface area (Å²) in [6.45, 7) is 1.18. The van der Waals surface area contributed by atoms with Gasteiger partial charge in [0.25, 0.3) is 5.56 Å². The maximum Gasteiger partial charge on any atom is 0.306 e. The van der Waals surface area contributed by atoms with E-state index in [4.69, 9.17) is 5.11 Å². The zero-order valence-corrected chi connectivity index (χ0v) is 12.1. The van der Waals surface area contributed by atoms with E-state index < -0.39 is 5.97 Å². The highest BCUT2D eigenvalue weighted by atomic mass is 32.1. The third kappa shape index (κ3) is 2.97. The number of anilines is 1. The summed E-state index contributed by atoms with van der Waals surface area (Å²) in [5.74, 6) is -0.522. The van der Waals surface area contributed by atoms with Gasteiger partial charge in [-0.3, -0.25) is 14.6 Å². The topological polar surface area (TPSA) is 86.3 Å². The SMILES string of the molecule is O=C(O)C1CCN(c2nc(-c3cccs3)cc(=O)[nH]2)CC1. The van der Waals surface area contributed by atoms with E-state index in [2.05, 4.69) is 9.97 Å². The summed E-state index contributed by atoms with van der Waals surface area (Å²) in [4.78, 5) is 32.9. The largest absolute Gasteiger partial charge is 0.481 e. The molecule has 0 unspecified atom stereocenters. The third-order valence-electron chi connectivity index (χ3n) is 3.65. The van der Waals surface area contributed by atoms with Crippen LogP contribution < -0.4 is 10.5 Å². The second-order valence-corrected chi connectivity index (χ2v) is 5.98. The lowest BCUT2D eigenvalue weighted by molar-refractivity contribution is -0.142. The van der Waals surface area contributed by atoms with Crippen molar-refractivity contribution in [3.63, 3.8) is 0 Å². The number of carboxylic acids is 1. The van der Waals surface area contributed by atoms with Crippen molar-refractivity contribution in [2.45, 2.75) is 12.8 Å². The summed E-state index contributed by atoms with van der Waals surface area (Å²) in [5, 5.41) is 11.0. The number of thiophene rings is 1. The number of nitrogens with zero attached hydrogens (tertiary/aromatic N) is 2. The van der Waals surface area contributed by atoms with Crippen molar-refractivity contribution in [2.75, 3.05) is 18.0 Å². The first-order chi connectivity index (χ1) is 10.1. The summed E-state index contributed by atoms with van der Waals surface area (Å²) < 4.78 is 0. The maximum atomic E-state index is 11.8. The average molecular weight is 305 g/mol. The van der Waals surface area contributed by atoms with E-state index in [0.29, 0.717) is 37.6 Å². The van der Waals surface area contributed by atoms with Crippen molar-refractivity contribution >= 4 is 23.3 Å². The highest BCUT2D eigenvalue weighted by Gasteiger charge is 2.25. The molecule has 2 N–H and O–H groups in total. The lowest BCUT2D eigenvalue weighted by Crippen LogP contribution is -2.38. The third-order valence-corrected chi connectivity index (χ3v) is 4.54. The van der Waals surface area contributed by atoms with Gasteiger partial charge in [0, 0.05) is 19.2 Å². The molecule has 3 rings (SSSR count). The monoisotopic (exact) mass is 305 g/mol. The van der Waals surface area contributed by atoms with E-state index in [-0.39, 0.29) is 11.5 Å². The van der Waals surface area contributed by atoms with Crippen molar-refractivity contribution in [3.8, 4) is 10.6 Å². The highest BCUT2D eigenvalue weighted by Crippen LogP contribution is 2.24. The molecule has 1 aliphatic rings. The number of piperidine rings is 1. The van der Waals surface area contributed by atoms with Crippen LogP contribution in [0.1, 0.15) is 12.8 Å². The Hall–Kier alpha value is -2.15. The Morgan fingerprint density at radius 1 is 1.43 bits per heavy atom. The van der Waals surface area contributed by atoms with Gasteiger partial charge in [-0.2, -0.15) is 0 Å². The zero-order valence-electron chi connectivity index (χ0n) is 11.3. The van der Waals surface area contributed by atoms with Crippen LogP contribution in [0.4, 0.5) is 5.95 Å². The number of carboxylic acid groups (broad SMARTS) is 1. The molecule has 2 aromatic heterocycles. The van der Waals surface area contributed by atoms with E-state index in [1.165, 1.54) is 17.4 Å². The Kier molecular flexibility index (Phi) is 3.74. The molecule has 1 aliphatic heterocycles. The smallest absolute Gasteiger partial charge is 0.306 e. The van der Waals surface area contributed by atoms with Crippen LogP contribution in [0, 0.1) is 5.92 Å². The van der Waals surface area contributed by atoms with Gasteiger partial charge in [-0.05, 0) is 24.3 Å². The molecule has 0 radical (unpaired) electrons. The number of H-pyrrole nitrogens is 1. The summed E-state index contributed by atoms with van der Waals surface area (Å²) in [6, 6.07) is 5.33. The quantitative estimate of drug-likeness (QED) is 0.903. The molecule has 7 heteroatoms. The van der Waals surface area contributed by atoms with Crippen molar-refractivity contribution in [3.05, 3.63) is 33.9 Å². The van der Waals surface area contributed by atoms with E-state index >= 15 is 0 Å². The van der Waals surface area contributed by atoms with Crippen molar-refractivity contribution in [1.82, 2.24) is 9.97 Å². The van der Waals surface area contributed by atoms with Gasteiger partial charge in [-0.15, -0.1) is 11.3 Å². The number of hydrogen-bond donors (Lipinski definition) is 2. The van der Waals surface area contributed by atoms with Gasteiger partial charge < -0.3 is 10.0 Å². The molecule has 1 saturated heterocycles. The molecule has 1 fully saturated rings. The molecule has 0 amide bonds. The van der Waals surface area contributed by atoms with E-state index in [9.17, 15) is 9.59 Å². The molecule has 2 aromatic rings. The van der Waals surface area contributed by atoms with Crippen LogP contribution in [0.15, 0.2) is 28.4 Å². The maximum absolute atomic E-state index is 11.8. The normalized spacial score (nSPS) is 16.1. The minimum absolute atomic E-state index is 0.191. The van der Waals surface area contributed by atoms with Crippen molar-refractivity contribution < 1.29 is 9.90 Å². The summed E-state index contributed by atoms with van der Waals surface area (Å²) in [5.41, 5.74) is 0.466. The number of aromatic amines is 1. The predicted molar refractivity (Wildman–Crippen MR) is 80.7 cm³/mol. The highest BCUT2D eigenvalue weighted by molar-refractivity contribution is 7.13. The van der Waals surface area contributed by atoms with Crippen LogP contribution in [0.5, 0.6) is 0 Å². The molecule has 0 spiro atoms. The molecule has 0 aliphatic carbocycles. The van der Waals surface area contributed by atoms with Gasteiger partial charge in [-0.25, -0.2) is 4.98 Å². The molecule has 6 nitrogen and oxygen atoms in total. The van der Waals surface area contributed by atoms with Gasteiger partial charge in [0.05, 0.1) is 16.5 Å². The fraction of sp³-hybridized carbons (Fsp3) is 0.357. The summed E-state index contributed by atoms with van der Waals surface area (Å²) in [7, 11) is 0. The molecule has 3 heterocycles. The fourth-order valence-electron chi connectivity index (χ4n) is 2.48. The predicted octanol–water partition coefficient (Wildman–Crippen LogP) is 1.80. The molecule has 0 saturated carbocycles. The van der Waals surface area contributed by atoms with E-state index in [1.54, 1.807) is 0 Å². The number of hydrogen-bond acceptors (Lipinski definition) is 5. The molecular formula is C14H15N3O3S. The van der Waals surface area contributed by atoms with Gasteiger partial charge in [0.2, 0.25) is 5.95 Å². The van der Waals surface area contributed by atoms with Crippen LogP contribution >= 0.6 is 11.3 Å². The number of nitrogens with one attached hydrogen (secondary N) is 1. The lowest BCUT2D eigenvalue weighted by atomic mass is 9.97. The number of aliphatic carboxylic acids is 1. The lowest BCUT2D eigenvalue weighted by Gasteiger charge is -2.30. The molecule has 21 heavy (non-hydrogen) atoms. The molecule has 110 valence electrons. The first-order valence-corrected chi connectivity index (χ1v) is 7.64. The van der Waals surface area contributed by atoms with Crippen molar-refractivity contribution in [2.24, 2.45) is 5.92 Å². The Bertz CT molecular complexity index is 688. The van der Waals surface area contributed by atoms with Crippen molar-refractivity contribution in [1.29, 1.82) is 0 Å². The van der Waals surface area contributed by atoms with Crippen LogP contribution in [-0.2, 0) is 4.79 Å². The Morgan fingerprint density at radius 2 is 2.19 bits per heavy atom. The first-order valence-electron chi connectivity index (χ1n) is 6.76. The second kappa shape index (κ2) is 5.69. The van der Waals surface area contributed by atoms with Crippen LogP contribution in [0.2, 0.25) is 0 Å². The number of aromatic nitrogens is 2. The first kappa shape index (κ1) is 13.8. The number of rotatable bonds is 3. The Morgan fingerprint density at radius 3 is 2.81 bits per heavy atom. The molecular weight excluding hydrogens is 290 g/mol. The Balaban J connectivity index is 1.83. The summed E-state index contributed by atoms with van der Waals surface area (Å²) in [6.07, 6.45) is 1.14. The van der Waals surface area contributed by atoms with E-state index in [1.807, 2.05) is 22.4 Å². The van der Waals surface area contributed by atoms with Gasteiger partial charge in [0.15, 0.2) is 0 Å². The molecule has 0 bridgehead atoms. The van der Waals surface area contributed by atoms with Gasteiger partial charge in [0.1, 0.15) is 0 Å². The minimum atomic E-state index is -0.747.